The summed E-state index contributed by atoms with van der Waals surface area (Å²) in [4.78, 5) is 19.0. The number of rotatable bonds is 1. The lowest BCUT2D eigenvalue weighted by Gasteiger charge is -1.92. The molecule has 0 saturated carbocycles. The Labute approximate surface area is 83.6 Å². The number of nitrogens with one attached hydrogen (secondary N) is 2. The Morgan fingerprint density at radius 2 is 2.33 bits per heavy atom. The maximum atomic E-state index is 10.8. The maximum Gasteiger partial charge on any atom is 0.326 e. The fraction of sp³-hybridized carbons (Fsp3) is 0. The van der Waals surface area contributed by atoms with Crippen molar-refractivity contribution in [3.8, 4) is 5.88 Å². The number of H-pyrrole nitrogens is 2. The molecule has 7 heteroatoms. The molecule has 1 aromatic heterocycles. The number of aromatic nitrogens is 2. The summed E-state index contributed by atoms with van der Waals surface area (Å²) < 4.78 is 0. The number of hydrogen-bond acceptors (Lipinski definition) is 5. The predicted octanol–water partition coefficient (Wildman–Crippen LogP) is -0.109. The Hall–Kier alpha value is -2.44. The summed E-state index contributed by atoms with van der Waals surface area (Å²) in [5.74, 6) is 0.104. The van der Waals surface area contributed by atoms with Gasteiger partial charge in [0, 0.05) is 5.57 Å². The van der Waals surface area contributed by atoms with Crippen LogP contribution in [-0.4, -0.2) is 33.8 Å². The SMILES string of the molecule is C=NC1=NN=CC1=Cc1[nH]c(=O)[nH]c1O. The Balaban J connectivity index is 2.43. The van der Waals surface area contributed by atoms with Crippen molar-refractivity contribution in [3.05, 3.63) is 21.8 Å². The van der Waals surface area contributed by atoms with Gasteiger partial charge >= 0.3 is 5.69 Å². The van der Waals surface area contributed by atoms with Crippen LogP contribution in [0, 0.1) is 0 Å². The second-order valence-electron chi connectivity index (χ2n) is 2.77. The lowest BCUT2D eigenvalue weighted by Crippen LogP contribution is -2.00. The fourth-order valence-electron chi connectivity index (χ4n) is 1.13. The van der Waals surface area contributed by atoms with Crippen molar-refractivity contribution in [1.29, 1.82) is 0 Å². The Morgan fingerprint density at radius 3 is 2.93 bits per heavy atom. The number of aliphatic imine (C=N–C) groups is 1. The summed E-state index contributed by atoms with van der Waals surface area (Å²) in [6, 6.07) is 0. The first kappa shape index (κ1) is 9.13. The molecule has 0 spiro atoms. The number of amidine groups is 1. The minimum atomic E-state index is -0.487. The smallest absolute Gasteiger partial charge is 0.326 e. The van der Waals surface area contributed by atoms with Crippen molar-refractivity contribution < 1.29 is 5.11 Å². The van der Waals surface area contributed by atoms with Crippen molar-refractivity contribution >= 4 is 24.8 Å². The van der Waals surface area contributed by atoms with Crippen LogP contribution >= 0.6 is 0 Å². The van der Waals surface area contributed by atoms with Gasteiger partial charge in [-0.05, 0) is 12.8 Å². The molecule has 1 aromatic rings. The third-order valence-electron chi connectivity index (χ3n) is 1.79. The molecule has 0 aromatic carbocycles. The third-order valence-corrected chi connectivity index (χ3v) is 1.79. The molecule has 1 aliphatic rings. The van der Waals surface area contributed by atoms with Gasteiger partial charge in [0.15, 0.2) is 5.84 Å². The summed E-state index contributed by atoms with van der Waals surface area (Å²) in [6.45, 7) is 3.32. The Morgan fingerprint density at radius 1 is 1.53 bits per heavy atom. The highest BCUT2D eigenvalue weighted by Crippen LogP contribution is 2.14. The summed E-state index contributed by atoms with van der Waals surface area (Å²) in [5, 5.41) is 16.6. The first-order chi connectivity index (χ1) is 7.20. The number of nitrogens with zero attached hydrogens (tertiary/aromatic N) is 3. The van der Waals surface area contributed by atoms with Crippen molar-refractivity contribution in [1.82, 2.24) is 9.97 Å². The predicted molar refractivity (Wildman–Crippen MR) is 56.5 cm³/mol. The van der Waals surface area contributed by atoms with Gasteiger partial charge in [-0.25, -0.2) is 9.79 Å². The summed E-state index contributed by atoms with van der Waals surface area (Å²) >= 11 is 0. The molecule has 1 aliphatic heterocycles. The highest BCUT2D eigenvalue weighted by Gasteiger charge is 2.10. The number of hydrogen-bond donors (Lipinski definition) is 3. The van der Waals surface area contributed by atoms with Gasteiger partial charge in [-0.1, -0.05) is 0 Å². The van der Waals surface area contributed by atoms with E-state index in [0.29, 0.717) is 11.4 Å². The second kappa shape index (κ2) is 3.37. The van der Waals surface area contributed by atoms with Gasteiger partial charge in [-0.3, -0.25) is 4.98 Å². The Bertz CT molecular complexity index is 546. The van der Waals surface area contributed by atoms with Crippen LogP contribution in [0.3, 0.4) is 0 Å². The van der Waals surface area contributed by atoms with Crippen molar-refractivity contribution in [2.45, 2.75) is 0 Å². The lowest BCUT2D eigenvalue weighted by molar-refractivity contribution is 0.454. The second-order valence-corrected chi connectivity index (χ2v) is 2.77. The van der Waals surface area contributed by atoms with Crippen LogP contribution in [-0.2, 0) is 0 Å². The van der Waals surface area contributed by atoms with E-state index in [1.165, 1.54) is 12.3 Å². The minimum Gasteiger partial charge on any atom is -0.493 e. The van der Waals surface area contributed by atoms with E-state index in [-0.39, 0.29) is 11.6 Å². The van der Waals surface area contributed by atoms with Gasteiger partial charge in [-0.2, -0.15) is 5.10 Å². The topological polar surface area (TPSA) is 106 Å². The monoisotopic (exact) mass is 205 g/mol. The zero-order chi connectivity index (χ0) is 10.8. The molecule has 2 rings (SSSR count). The van der Waals surface area contributed by atoms with Gasteiger partial charge in [0.25, 0.3) is 0 Å². The molecule has 15 heavy (non-hydrogen) atoms. The normalized spacial score (nSPS) is 17.1. The van der Waals surface area contributed by atoms with Crippen molar-refractivity contribution in [3.63, 3.8) is 0 Å². The minimum absolute atomic E-state index is 0.240. The van der Waals surface area contributed by atoms with E-state index < -0.39 is 5.69 Å². The standard InChI is InChI=1S/C8H7N5O2/c1-9-6-4(3-10-13-6)2-5-7(14)12-8(15)11-5/h2-3,14H,1H2,(H2,11,12,15). The highest BCUT2D eigenvalue weighted by atomic mass is 16.3. The maximum absolute atomic E-state index is 10.8. The lowest BCUT2D eigenvalue weighted by atomic mass is 10.2. The first-order valence-electron chi connectivity index (χ1n) is 4.02. The summed E-state index contributed by atoms with van der Waals surface area (Å²) in [5.41, 5.74) is 0.328. The van der Waals surface area contributed by atoms with E-state index in [1.54, 1.807) is 0 Å². The van der Waals surface area contributed by atoms with Crippen LogP contribution in [0.5, 0.6) is 5.88 Å². The van der Waals surface area contributed by atoms with Gasteiger partial charge in [0.1, 0.15) is 5.69 Å². The first-order valence-corrected chi connectivity index (χ1v) is 4.02. The van der Waals surface area contributed by atoms with Gasteiger partial charge < -0.3 is 10.1 Å². The van der Waals surface area contributed by atoms with E-state index in [1.807, 2.05) is 0 Å². The molecule has 2 heterocycles. The fourth-order valence-corrected chi connectivity index (χ4v) is 1.13. The summed E-state index contributed by atoms with van der Waals surface area (Å²) in [7, 11) is 0. The third kappa shape index (κ3) is 1.62. The quantitative estimate of drug-likeness (QED) is 0.556. The molecule has 0 amide bonds. The van der Waals surface area contributed by atoms with E-state index in [0.717, 1.165) is 0 Å². The van der Waals surface area contributed by atoms with E-state index in [9.17, 15) is 9.90 Å². The molecule has 0 bridgehead atoms. The van der Waals surface area contributed by atoms with Crippen LogP contribution in [0.4, 0.5) is 0 Å². The molecule has 0 radical (unpaired) electrons. The van der Waals surface area contributed by atoms with E-state index >= 15 is 0 Å². The molecule has 0 saturated heterocycles. The van der Waals surface area contributed by atoms with Gasteiger partial charge in [-0.15, -0.1) is 5.10 Å². The van der Waals surface area contributed by atoms with Crippen LogP contribution in [0.15, 0.2) is 25.6 Å². The zero-order valence-corrected chi connectivity index (χ0v) is 7.56. The molecular weight excluding hydrogens is 198 g/mol. The van der Waals surface area contributed by atoms with Crippen LogP contribution in [0.1, 0.15) is 5.69 Å². The largest absolute Gasteiger partial charge is 0.493 e. The average Bonchev–Trinajstić information content (AvgIpc) is 2.74. The van der Waals surface area contributed by atoms with Crippen LogP contribution in [0.25, 0.3) is 6.08 Å². The zero-order valence-electron chi connectivity index (χ0n) is 7.56. The molecule has 0 aliphatic carbocycles. The molecular formula is C8H7N5O2. The average molecular weight is 205 g/mol. The molecule has 0 fully saturated rings. The van der Waals surface area contributed by atoms with Crippen LogP contribution in [0.2, 0.25) is 0 Å². The molecule has 3 N–H and O–H groups in total. The molecule has 7 nitrogen and oxygen atoms in total. The highest BCUT2D eigenvalue weighted by molar-refractivity contribution is 6.21. The number of aromatic hydroxyl groups is 1. The molecule has 0 unspecified atom stereocenters. The van der Waals surface area contributed by atoms with Gasteiger partial charge in [0.05, 0.1) is 6.21 Å². The van der Waals surface area contributed by atoms with Gasteiger partial charge in [0.2, 0.25) is 5.88 Å². The summed E-state index contributed by atoms with van der Waals surface area (Å²) in [6.07, 6.45) is 2.95. The van der Waals surface area contributed by atoms with E-state index in [2.05, 4.69) is 31.9 Å². The van der Waals surface area contributed by atoms with Crippen molar-refractivity contribution in [2.75, 3.05) is 0 Å². The number of aromatic amines is 2. The molecule has 76 valence electrons. The number of imidazole rings is 1. The van der Waals surface area contributed by atoms with Crippen molar-refractivity contribution in [2.24, 2.45) is 15.2 Å². The Kier molecular flexibility index (Phi) is 2.05. The van der Waals surface area contributed by atoms with E-state index in [4.69, 9.17) is 0 Å². The van der Waals surface area contributed by atoms with Crippen LogP contribution < -0.4 is 5.69 Å². The molecule has 0 atom stereocenters.